The minimum atomic E-state index is -2.70. The van der Waals surface area contributed by atoms with Gasteiger partial charge in [0.15, 0.2) is 22.8 Å². The number of nitrogens with zero attached hydrogens (tertiary/aromatic N) is 4. The van der Waals surface area contributed by atoms with Gasteiger partial charge in [-0.25, -0.2) is 0 Å². The predicted octanol–water partition coefficient (Wildman–Crippen LogP) is -4.53. The number of hydrogen-bond acceptors (Lipinski definition) is 22. The van der Waals surface area contributed by atoms with Crippen molar-refractivity contribution in [3.05, 3.63) is 224 Å². The van der Waals surface area contributed by atoms with Crippen LogP contribution in [-0.2, 0) is 65.5 Å². The minimum Gasteiger partial charge on any atom is -0.508 e. The Morgan fingerprint density at radius 3 is 1.14 bits per heavy atom. The molecule has 143 heavy (non-hydrogen) atoms. The monoisotopic (exact) mass is 1980 g/mol. The van der Waals surface area contributed by atoms with Crippen LogP contribution in [0.25, 0.3) is 22.6 Å². The van der Waals surface area contributed by atoms with E-state index in [1.165, 1.54) is 16.9 Å². The van der Waals surface area contributed by atoms with Crippen molar-refractivity contribution in [3.8, 4) is 34.1 Å². The van der Waals surface area contributed by atoms with Crippen LogP contribution in [0.4, 0.5) is 0 Å². The van der Waals surface area contributed by atoms with E-state index in [1.807, 2.05) is 116 Å². The molecule has 6 aliphatic carbocycles. The molecule has 10 rings (SSSR count). The summed E-state index contributed by atoms with van der Waals surface area (Å²) in [5, 5.41) is 110. The summed E-state index contributed by atoms with van der Waals surface area (Å²) in [5.74, 6) is -11.9. The molecule has 2 fully saturated rings. The zero-order chi connectivity index (χ0) is 109. The molecule has 57 heteroatoms. The lowest BCUT2D eigenvalue weighted by molar-refractivity contribution is -0.155. The van der Waals surface area contributed by atoms with Gasteiger partial charge in [-0.1, -0.05) is 59.1 Å². The number of Topliss-reactive ketones (excluding diaryl/α,β-unsaturated/α-hetero) is 4. The highest BCUT2D eigenvalue weighted by molar-refractivity contribution is 14.1. The third kappa shape index (κ3) is 29.5. The first-order chi connectivity index (χ1) is 66.3. The molecule has 8 atom stereocenters. The summed E-state index contributed by atoms with van der Waals surface area (Å²) in [6, 6.07) is 12.6. The number of amides is 2. The summed E-state index contributed by atoms with van der Waals surface area (Å²) >= 11 is 2.14. The Morgan fingerprint density at radius 2 is 0.825 bits per heavy atom. The van der Waals surface area contributed by atoms with Crippen LogP contribution < -0.4 is 26.4 Å². The molecule has 0 aliphatic heterocycles. The van der Waals surface area contributed by atoms with Crippen molar-refractivity contribution in [1.82, 2.24) is 19.6 Å². The molecule has 4 aromatic rings. The standard InChI is InChI=1S/C35H43N3O8.C25H29IN2O7.C16H4.C10H16BNO3.B16.B15/c1-34(2,3)23-14-20(17-9-16(15-37(4)5)10-19(11-17)46-8)21-12-18-13-22-27(38(6)7)30(41)26(33(36)44)32(43)35(22,45)31(42)24(18)29(40)25(21)28(23)39;1-24(2,3)12-8-13(26)10-6-9-7-11-17(28(4)5)20(31)16(23(27)34)22(33)25(11,35)21(32)14(9)19(30)15(10)18(12)29;1-3-5-7-9-11-13-15-16-14-12-10-8-6-4-2;1-12(2)7-8-4-9(11(13)14)6-10(5-8)15-3;1-10(2)14(9)16(13(7)8)15(11(3)4)12(5)6;1-9-13(8)15(12(6)7)14(10(2)3)11(4)5/h9-11,14,18,22,27,39-40,43,45H,12-13,15H2,1-8H3,(H2,36,44);8-9,11,17,29-30,33,35H,6-7H2,1-5H3,(H2,27,34);1-2H2;4-6,13-14H,7H2,1-3H3;;/t18-,22-,27-,35-;9-,11-,17-,25-;;;;/m00..../s1. The molecule has 14 N–H and O–H groups in total. The van der Waals surface area contributed by atoms with E-state index in [9.17, 15) is 69.6 Å². The maximum Gasteiger partial charge on any atom is 0.488 e. The van der Waals surface area contributed by atoms with Crippen LogP contribution in [0.5, 0.6) is 23.0 Å². The number of aromatic hydroxyl groups is 2. The van der Waals surface area contributed by atoms with Crippen LogP contribution in [0, 0.1) is 27.2 Å². The summed E-state index contributed by atoms with van der Waals surface area (Å²) in [6.07, 6.45) is -8.24. The lowest BCUT2D eigenvalue weighted by Crippen LogP contribution is -2.75. The Bertz CT molecular complexity index is 6100. The minimum absolute atomic E-state index is 0.0109. The number of phenolic OH excluding ortho intramolecular Hbond substituents is 2. The molecule has 2 saturated carbocycles. The summed E-state index contributed by atoms with van der Waals surface area (Å²) in [4.78, 5) is 86.0. The second kappa shape index (κ2) is 53.6. The van der Waals surface area contributed by atoms with Gasteiger partial charge >= 0.3 is 7.12 Å². The Balaban J connectivity index is 0.000000326. The predicted molar refractivity (Wildman–Crippen MR) is 607 cm³/mol. The molecule has 0 heterocycles. The molecule has 4 aromatic carbocycles. The van der Waals surface area contributed by atoms with Gasteiger partial charge in [0, 0.05) is 272 Å². The van der Waals surface area contributed by atoms with Gasteiger partial charge in [-0.15, -0.1) is 0 Å². The highest BCUT2D eigenvalue weighted by Gasteiger charge is 2.66. The number of ether oxygens (including phenoxy) is 2. The number of primary amides is 2. The topological polar surface area (TPSA) is 388 Å². The first-order valence-electron chi connectivity index (χ1n) is 44.8. The van der Waals surface area contributed by atoms with Crippen molar-refractivity contribution in [2.75, 3.05) is 70.6 Å². The van der Waals surface area contributed by atoms with Crippen molar-refractivity contribution in [2.45, 2.75) is 114 Å². The van der Waals surface area contributed by atoms with E-state index in [0.717, 1.165) is 32.4 Å². The number of methoxy groups -OCH3 is 2. The zero-order valence-electron chi connectivity index (χ0n) is 83.3. The van der Waals surface area contributed by atoms with Crippen LogP contribution in [0.1, 0.15) is 98.9 Å². The third-order valence-corrected chi connectivity index (χ3v) is 26.0. The number of aliphatic hydroxyl groups excluding tert-OH is 4. The van der Waals surface area contributed by atoms with Crippen LogP contribution >= 0.6 is 22.6 Å². The Hall–Kier alpha value is -8.99. The van der Waals surface area contributed by atoms with E-state index in [0.29, 0.717) is 45.8 Å². The number of fused-ring (bicyclic) bond motifs is 6. The molecular formula is C86H92B32IN6O18. The largest absolute Gasteiger partial charge is 0.508 e. The molecule has 677 valence electrons. The number of carbonyl (C=O) groups is 6. The Morgan fingerprint density at radius 1 is 0.490 bits per heavy atom. The molecule has 0 spiro atoms. The highest BCUT2D eigenvalue weighted by Crippen LogP contribution is 2.57. The second-order valence-electron chi connectivity index (χ2n) is 38.3. The van der Waals surface area contributed by atoms with E-state index < -0.39 is 217 Å². The smallest absolute Gasteiger partial charge is 0.488 e. The summed E-state index contributed by atoms with van der Waals surface area (Å²) in [5.41, 5.74) is 43.4. The van der Waals surface area contributed by atoms with Crippen molar-refractivity contribution in [1.29, 1.82) is 0 Å². The van der Waals surface area contributed by atoms with Crippen molar-refractivity contribution >= 4 is 303 Å². The average molecular weight is 1970 g/mol. The van der Waals surface area contributed by atoms with Gasteiger partial charge in [0.25, 0.3) is 11.8 Å². The summed E-state index contributed by atoms with van der Waals surface area (Å²) < 4.78 is 11.5. The highest BCUT2D eigenvalue weighted by atomic mass is 127. The van der Waals surface area contributed by atoms with E-state index in [1.54, 1.807) is 54.5 Å². The molecule has 0 saturated heterocycles. The van der Waals surface area contributed by atoms with Gasteiger partial charge in [-0.3, -0.25) is 38.6 Å². The van der Waals surface area contributed by atoms with Crippen molar-refractivity contribution in [3.63, 3.8) is 0 Å². The van der Waals surface area contributed by atoms with Gasteiger partial charge in [0.2, 0.25) is 11.6 Å². The third-order valence-electron chi connectivity index (χ3n) is 25.0. The molecule has 6 aliphatic rings. The molecule has 0 bridgehead atoms. The van der Waals surface area contributed by atoms with E-state index in [-0.39, 0.29) is 59.5 Å². The number of benzene rings is 4. The van der Waals surface area contributed by atoms with Gasteiger partial charge in [0.1, 0.15) is 57.2 Å². The average Bonchev–Trinajstić information content (AvgIpc) is 0.699. The van der Waals surface area contributed by atoms with Gasteiger partial charge in [0.05, 0.1) is 37.4 Å². The number of halogens is 1. The quantitative estimate of drug-likeness (QED) is 0.0136. The lowest BCUT2D eigenvalue weighted by Gasteiger charge is -2.50. The first-order valence-corrected chi connectivity index (χ1v) is 45.9. The lowest BCUT2D eigenvalue weighted by atomic mass is 8.44. The number of phenols is 2. The van der Waals surface area contributed by atoms with Crippen molar-refractivity contribution in [2.24, 2.45) is 35.1 Å². The Kier molecular flexibility index (Phi) is 46.6. The molecule has 35 radical (unpaired) electrons. The van der Waals surface area contributed by atoms with Gasteiger partial charge < -0.3 is 81.6 Å². The number of ketones is 4. The fourth-order valence-electron chi connectivity index (χ4n) is 18.6. The molecule has 0 unspecified atom stereocenters. The molecule has 24 nitrogen and oxygen atoms in total. The maximum atomic E-state index is 14.3. The molecular weight excluding hydrogens is 1880 g/mol. The number of likely N-dealkylation sites (N-methyl/N-ethyl adjacent to an activating group) is 2. The van der Waals surface area contributed by atoms with E-state index >= 15 is 0 Å². The number of carbonyl (C=O) groups excluding carboxylic acids is 6. The zero-order valence-corrected chi connectivity index (χ0v) is 85.4. The van der Waals surface area contributed by atoms with Crippen LogP contribution in [-0.4, -0.2) is 428 Å². The van der Waals surface area contributed by atoms with Crippen LogP contribution in [0.3, 0.4) is 0 Å². The van der Waals surface area contributed by atoms with E-state index in [2.05, 4.69) is 116 Å². The SMILES string of the molecule is C=C=C=C=C=C=C=C=C=C=C=C=C=C=C=C.CN(C)[C@@H]1C(=O)C(C(N)=O)=C(O)[C@@]2(O)C(=O)C3=C(O)c4c(O)c(C(C)(C)C)cc(I)c4C[C@H]3C[C@@H]12.COc1cc(CN(C)C)cc(-c2cc(C(C)(C)C)c(O)c3c2C[C@H]2C[C@H]4[C@H](N(C)C)C(=O)C(C(N)=O)=C(O)[C@@]4(O)C(=O)C2=C3O)c1.COc1cc(CN(C)C)cc(B(O)O)c1.[B]B([B])B([B])B(B([B])[B])B(B([B])[B])B([B])[B].[B][B]B([B])B(B([B])[B])B(B([B])[B])B([B])[B]. The van der Waals surface area contributed by atoms with Gasteiger partial charge in [-0.2, -0.15) is 0 Å². The summed E-state index contributed by atoms with van der Waals surface area (Å²) in [7, 11) is 112. The van der Waals surface area contributed by atoms with Crippen LogP contribution in [0.2, 0.25) is 0 Å². The maximum absolute atomic E-state index is 14.3. The number of hydrogen-bond donors (Lipinski definition) is 12. The number of rotatable bonds is 24. The van der Waals surface area contributed by atoms with Gasteiger partial charge in [-0.05, 0) is 291 Å². The molecule has 2 amide bonds. The Labute approximate surface area is 883 Å². The number of nitrogens with two attached hydrogens (primary N) is 2. The number of aliphatic hydroxyl groups is 6. The second-order valence-corrected chi connectivity index (χ2v) is 39.5. The van der Waals surface area contributed by atoms with Crippen molar-refractivity contribution < 1.29 is 89.1 Å². The van der Waals surface area contributed by atoms with E-state index in [4.69, 9.17) is 163 Å². The van der Waals surface area contributed by atoms with Crippen LogP contribution in [0.15, 0.2) is 176 Å². The fraction of sp³-hybridized carbons (Fsp3) is 0.372. The first kappa shape index (κ1) is 124. The summed E-state index contributed by atoms with van der Waals surface area (Å²) in [6.45, 7) is 19.4. The molecule has 0 aromatic heterocycles. The fourth-order valence-corrected chi connectivity index (χ4v) is 19.4. The normalized spacial score (nSPS) is 18.4.